The molecule has 2 N–H and O–H groups in total. The third kappa shape index (κ3) is 3.09. The lowest BCUT2D eigenvalue weighted by Gasteiger charge is -2.70. The highest BCUT2D eigenvalue weighted by molar-refractivity contribution is 5.93. The molecule has 3 aliphatic carbocycles. The Balaban J connectivity index is 1.03. The van der Waals surface area contributed by atoms with Gasteiger partial charge >= 0.3 is 5.97 Å². The number of anilines is 2. The summed E-state index contributed by atoms with van der Waals surface area (Å²) >= 11 is 0. The van der Waals surface area contributed by atoms with Crippen molar-refractivity contribution in [3.63, 3.8) is 0 Å². The molecule has 11 unspecified atom stereocenters. The minimum absolute atomic E-state index is 0.0518. The van der Waals surface area contributed by atoms with Crippen molar-refractivity contribution < 1.29 is 28.9 Å². The molecule has 8 fully saturated rings. The van der Waals surface area contributed by atoms with Crippen molar-refractivity contribution in [3.8, 4) is 5.75 Å². The van der Waals surface area contributed by atoms with Crippen LogP contribution in [-0.2, 0) is 29.9 Å². The number of hydrogen-bond acceptors (Lipinski definition) is 10. The van der Waals surface area contributed by atoms with Crippen LogP contribution < -0.4 is 15.0 Å². The first-order chi connectivity index (χ1) is 26.2. The Labute approximate surface area is 316 Å². The average Bonchev–Trinajstić information content (AvgIpc) is 4.02. The first kappa shape index (κ1) is 31.7. The Morgan fingerprint density at radius 1 is 0.907 bits per heavy atom. The average molecular weight is 731 g/mol. The van der Waals surface area contributed by atoms with E-state index in [1.807, 2.05) is 0 Å². The maximum Gasteiger partial charge on any atom is 0.335 e. The maximum absolute atomic E-state index is 14.1. The van der Waals surface area contributed by atoms with Crippen molar-refractivity contribution in [2.75, 3.05) is 63.8 Å². The van der Waals surface area contributed by atoms with E-state index >= 15 is 0 Å². The first-order valence-electron chi connectivity index (χ1n) is 20.7. The van der Waals surface area contributed by atoms with Gasteiger partial charge in [0.05, 0.1) is 42.4 Å². The normalized spacial score (nSPS) is 47.0. The molecule has 8 aliphatic heterocycles. The van der Waals surface area contributed by atoms with E-state index < -0.39 is 11.1 Å². The third-order valence-corrected chi connectivity index (χ3v) is 18.1. The van der Waals surface area contributed by atoms with Crippen LogP contribution in [0.2, 0.25) is 0 Å². The largest absolute Gasteiger partial charge is 0.495 e. The number of aliphatic hydroxyl groups is 1. The molecule has 2 aromatic carbocycles. The van der Waals surface area contributed by atoms with Crippen LogP contribution in [0.1, 0.15) is 68.9 Å². The lowest BCUT2D eigenvalue weighted by atomic mass is 9.43. The summed E-state index contributed by atoms with van der Waals surface area (Å²) in [6, 6.07) is 15.5. The molecule has 11 atom stereocenters. The summed E-state index contributed by atoms with van der Waals surface area (Å²) in [5.74, 6) is 1.30. The van der Waals surface area contributed by atoms with Crippen LogP contribution in [0.3, 0.4) is 0 Å². The summed E-state index contributed by atoms with van der Waals surface area (Å²) < 4.78 is 19.1. The van der Waals surface area contributed by atoms with E-state index in [2.05, 4.69) is 62.5 Å². The zero-order valence-corrected chi connectivity index (χ0v) is 31.4. The van der Waals surface area contributed by atoms with Gasteiger partial charge in [-0.1, -0.05) is 30.3 Å². The van der Waals surface area contributed by atoms with Crippen molar-refractivity contribution in [2.45, 2.75) is 92.5 Å². The van der Waals surface area contributed by atoms with Gasteiger partial charge in [0.15, 0.2) is 5.72 Å². The van der Waals surface area contributed by atoms with Crippen LogP contribution in [0, 0.1) is 28.1 Å². The van der Waals surface area contributed by atoms with E-state index in [1.54, 1.807) is 7.11 Å². The van der Waals surface area contributed by atoms with Gasteiger partial charge in [-0.2, -0.15) is 0 Å². The highest BCUT2D eigenvalue weighted by Crippen LogP contribution is 2.78. The molecule has 0 bridgehead atoms. The fraction of sp³-hybridized carbons (Fsp3) is 0.636. The fourth-order valence-corrected chi connectivity index (χ4v) is 17.2. The molecule has 2 aromatic rings. The second-order valence-electron chi connectivity index (χ2n) is 19.5. The van der Waals surface area contributed by atoms with Gasteiger partial charge in [0, 0.05) is 72.8 Å². The molecule has 0 aromatic heterocycles. The van der Waals surface area contributed by atoms with Crippen molar-refractivity contribution in [2.24, 2.45) is 28.1 Å². The van der Waals surface area contributed by atoms with E-state index in [0.717, 1.165) is 93.1 Å². The molecule has 6 saturated heterocycles. The standard InChI is InChI=1S/C44H50N4O6/c1-52-32-9-5-7-30-33(32)48-24-39(19-26-20-41-21-27(49)18-25(41)10-14-46-16-12-43(30,37(41)46)44(26,48)51)23-47-15-11-42-29-6-3-4-8-31(29)45-34(42)28(35(50)53-2)22-40(36(42)47)13-17-54-38(39)40/h3-9,25-26,36-38,45,51H,10-24H2,1-2H3. The minimum Gasteiger partial charge on any atom is -0.495 e. The van der Waals surface area contributed by atoms with Gasteiger partial charge in [-0.3, -0.25) is 14.6 Å². The highest BCUT2D eigenvalue weighted by Gasteiger charge is 2.83. The fourth-order valence-electron chi connectivity index (χ4n) is 17.2. The Morgan fingerprint density at radius 2 is 1.76 bits per heavy atom. The molecule has 11 aliphatic rings. The number of methoxy groups -OCH3 is 2. The molecule has 2 saturated carbocycles. The Bertz CT molecular complexity index is 2140. The summed E-state index contributed by atoms with van der Waals surface area (Å²) in [4.78, 5) is 35.6. The molecule has 54 heavy (non-hydrogen) atoms. The van der Waals surface area contributed by atoms with Crippen LogP contribution in [0.5, 0.6) is 5.75 Å². The van der Waals surface area contributed by atoms with Gasteiger partial charge in [-0.15, -0.1) is 0 Å². The second-order valence-corrected chi connectivity index (χ2v) is 19.5. The lowest BCUT2D eigenvalue weighted by Crippen LogP contribution is -2.80. The van der Waals surface area contributed by atoms with Crippen molar-refractivity contribution >= 4 is 23.1 Å². The lowest BCUT2D eigenvalue weighted by molar-refractivity contribution is -0.231. The topological polar surface area (TPSA) is 104 Å². The number of para-hydroxylation sites is 2. The van der Waals surface area contributed by atoms with Gasteiger partial charge in [0.25, 0.3) is 0 Å². The molecule has 5 spiro atoms. The van der Waals surface area contributed by atoms with Crippen LogP contribution in [0.15, 0.2) is 53.7 Å². The Hall–Kier alpha value is -3.44. The molecule has 10 nitrogen and oxygen atoms in total. The zero-order valence-electron chi connectivity index (χ0n) is 31.4. The predicted octanol–water partition coefficient (Wildman–Crippen LogP) is 4.35. The zero-order chi connectivity index (χ0) is 36.2. The van der Waals surface area contributed by atoms with Gasteiger partial charge in [0.2, 0.25) is 0 Å². The number of nitrogens with zero attached hydrogens (tertiary/aromatic N) is 3. The summed E-state index contributed by atoms with van der Waals surface area (Å²) in [5.41, 5.74) is 3.77. The molecule has 282 valence electrons. The van der Waals surface area contributed by atoms with Crippen LogP contribution in [0.4, 0.5) is 11.4 Å². The minimum atomic E-state index is -1.10. The Morgan fingerprint density at radius 3 is 2.63 bits per heavy atom. The number of piperidine rings is 3. The van der Waals surface area contributed by atoms with Crippen LogP contribution in [0.25, 0.3) is 0 Å². The summed E-state index contributed by atoms with van der Waals surface area (Å²) in [6.07, 6.45) is 7.28. The third-order valence-electron chi connectivity index (χ3n) is 18.1. The number of ketones is 1. The SMILES string of the molecule is COC(=O)C1=C2Nc3ccccc3C23CCN2CC4(CC5CC67CC(=O)CC6CCN6CCC8(c9cccc(OC)c9N(C4)C58O)C67)C4OCCC4(C1)C23. The second kappa shape index (κ2) is 9.74. The molecule has 10 heteroatoms. The molecule has 8 heterocycles. The highest BCUT2D eigenvalue weighted by atomic mass is 16.5. The summed E-state index contributed by atoms with van der Waals surface area (Å²) in [7, 11) is 3.28. The quantitative estimate of drug-likeness (QED) is 0.434. The number of hydrogen-bond donors (Lipinski definition) is 2. The van der Waals surface area contributed by atoms with E-state index in [0.29, 0.717) is 44.1 Å². The van der Waals surface area contributed by atoms with E-state index in [1.165, 1.54) is 18.2 Å². The van der Waals surface area contributed by atoms with Gasteiger partial charge in [0.1, 0.15) is 11.5 Å². The summed E-state index contributed by atoms with van der Waals surface area (Å²) in [5, 5.41) is 17.8. The smallest absolute Gasteiger partial charge is 0.335 e. The van der Waals surface area contributed by atoms with E-state index in [4.69, 9.17) is 14.2 Å². The molecule has 0 amide bonds. The number of benzene rings is 2. The first-order valence-corrected chi connectivity index (χ1v) is 20.7. The number of rotatable bonds is 2. The number of carbonyl (C=O) groups is 2. The predicted molar refractivity (Wildman–Crippen MR) is 199 cm³/mol. The summed E-state index contributed by atoms with van der Waals surface area (Å²) in [6.45, 7) is 5.08. The number of nitrogens with one attached hydrogen (secondary N) is 1. The molecular formula is C44H50N4O6. The molecule has 13 rings (SSSR count). The van der Waals surface area contributed by atoms with Gasteiger partial charge < -0.3 is 29.5 Å². The number of Topliss-reactive ketones (excluding diaryl/α,β-unsaturated/α-hetero) is 1. The van der Waals surface area contributed by atoms with Crippen LogP contribution in [-0.4, -0.2) is 104 Å². The van der Waals surface area contributed by atoms with Gasteiger partial charge in [-0.05, 0) is 99.2 Å². The van der Waals surface area contributed by atoms with Gasteiger partial charge in [-0.25, -0.2) is 4.79 Å². The molecule has 0 radical (unpaired) electrons. The number of carbonyl (C=O) groups excluding carboxylic acids is 2. The Kier molecular flexibility index (Phi) is 5.72. The van der Waals surface area contributed by atoms with E-state index in [-0.39, 0.29) is 51.7 Å². The van der Waals surface area contributed by atoms with Crippen molar-refractivity contribution in [3.05, 3.63) is 64.9 Å². The number of esters is 1. The van der Waals surface area contributed by atoms with E-state index in [9.17, 15) is 14.7 Å². The van der Waals surface area contributed by atoms with Crippen molar-refractivity contribution in [1.82, 2.24) is 9.80 Å². The maximum atomic E-state index is 14.1. The van der Waals surface area contributed by atoms with Crippen molar-refractivity contribution in [1.29, 1.82) is 0 Å². The monoisotopic (exact) mass is 730 g/mol. The molecular weight excluding hydrogens is 681 g/mol. The number of ether oxygens (including phenoxy) is 3. The van der Waals surface area contributed by atoms with Crippen LogP contribution >= 0.6 is 0 Å². The number of fused-ring (bicyclic) bond motifs is 4.